The number of hydrogen-bond donors (Lipinski definition) is 1. The highest BCUT2D eigenvalue weighted by atomic mass is 32.1. The number of rotatable bonds is 6. The number of nitrogens with zero attached hydrogens (tertiary/aromatic N) is 5. The molecular weight excluding hydrogens is 256 g/mol. The second kappa shape index (κ2) is 5.54. The molecule has 96 valence electrons. The summed E-state index contributed by atoms with van der Waals surface area (Å²) in [4.78, 5) is 13.6. The summed E-state index contributed by atoms with van der Waals surface area (Å²) in [6.45, 7) is 3.36. The summed E-state index contributed by atoms with van der Waals surface area (Å²) < 4.78 is 1.61. The van der Waals surface area contributed by atoms with Crippen LogP contribution in [-0.4, -0.2) is 31.2 Å². The van der Waals surface area contributed by atoms with E-state index in [1.54, 1.807) is 4.57 Å². The second-order valence-electron chi connectivity index (χ2n) is 3.59. The quantitative estimate of drug-likeness (QED) is 0.629. The molecule has 8 nitrogen and oxygen atoms in total. The number of nitrogens with one attached hydrogen (secondary N) is 1. The van der Waals surface area contributed by atoms with Crippen molar-refractivity contribution in [3.63, 3.8) is 0 Å². The number of imidazole rings is 1. The summed E-state index contributed by atoms with van der Waals surface area (Å²) in [5.41, 5.74) is 0. The van der Waals surface area contributed by atoms with E-state index < -0.39 is 4.92 Å². The minimum atomic E-state index is -0.523. The minimum absolute atomic E-state index is 0.163. The van der Waals surface area contributed by atoms with Gasteiger partial charge >= 0.3 is 5.82 Å². The van der Waals surface area contributed by atoms with Gasteiger partial charge in [-0.15, -0.1) is 10.2 Å². The molecule has 18 heavy (non-hydrogen) atoms. The van der Waals surface area contributed by atoms with Crippen molar-refractivity contribution >= 4 is 22.3 Å². The molecule has 2 rings (SSSR count). The lowest BCUT2D eigenvalue weighted by atomic mass is 10.5. The van der Waals surface area contributed by atoms with Crippen LogP contribution in [0, 0.1) is 10.1 Å². The van der Waals surface area contributed by atoms with Crippen molar-refractivity contribution in [3.8, 4) is 0 Å². The van der Waals surface area contributed by atoms with Crippen molar-refractivity contribution in [2.75, 3.05) is 11.9 Å². The molecule has 0 aliphatic carbocycles. The zero-order valence-electron chi connectivity index (χ0n) is 9.74. The Labute approximate surface area is 107 Å². The molecule has 0 saturated heterocycles. The molecule has 0 spiro atoms. The highest BCUT2D eigenvalue weighted by Crippen LogP contribution is 2.17. The van der Waals surface area contributed by atoms with Gasteiger partial charge in [0.15, 0.2) is 0 Å². The summed E-state index contributed by atoms with van der Waals surface area (Å²) in [5.74, 6) is -0.163. The van der Waals surface area contributed by atoms with E-state index >= 15 is 0 Å². The maximum atomic E-state index is 10.5. The van der Waals surface area contributed by atoms with Crippen LogP contribution in [0.15, 0.2) is 12.5 Å². The summed E-state index contributed by atoms with van der Waals surface area (Å²) in [6.07, 6.45) is 3.81. The molecule has 0 fully saturated rings. The van der Waals surface area contributed by atoms with Gasteiger partial charge in [-0.3, -0.25) is 0 Å². The molecule has 2 heterocycles. The van der Waals surface area contributed by atoms with E-state index in [-0.39, 0.29) is 5.82 Å². The van der Waals surface area contributed by atoms with Crippen LogP contribution >= 0.6 is 11.3 Å². The molecule has 0 bridgehead atoms. The fraction of sp³-hybridized carbons (Fsp3) is 0.444. The van der Waals surface area contributed by atoms with Crippen LogP contribution in [0.4, 0.5) is 10.9 Å². The first-order chi connectivity index (χ1) is 8.69. The molecule has 2 aromatic rings. The lowest BCUT2D eigenvalue weighted by Crippen LogP contribution is -1.98. The third kappa shape index (κ3) is 3.00. The number of anilines is 1. The van der Waals surface area contributed by atoms with Gasteiger partial charge in [0, 0.05) is 6.54 Å². The Kier molecular flexibility index (Phi) is 3.82. The standard InChI is InChI=1S/C9H12N6O2S/c1-2-3-10-9-13-12-8(18-9)5-14-4-7(11-6-14)15(16)17/h4,6H,2-3,5H2,1H3,(H,10,13). The Balaban J connectivity index is 1.99. The SMILES string of the molecule is CCCNc1nnc(Cn2cnc([N+](=O)[O-])c2)s1. The highest BCUT2D eigenvalue weighted by molar-refractivity contribution is 7.15. The van der Waals surface area contributed by atoms with Gasteiger partial charge in [-0.2, -0.15) is 0 Å². The summed E-state index contributed by atoms with van der Waals surface area (Å²) in [6, 6.07) is 0. The van der Waals surface area contributed by atoms with Crippen molar-refractivity contribution in [2.45, 2.75) is 19.9 Å². The Morgan fingerprint density at radius 1 is 1.56 bits per heavy atom. The Bertz CT molecular complexity index is 537. The first-order valence-corrected chi connectivity index (χ1v) is 6.23. The summed E-state index contributed by atoms with van der Waals surface area (Å²) in [7, 11) is 0. The molecular formula is C9H12N6O2S. The van der Waals surface area contributed by atoms with E-state index in [4.69, 9.17) is 0 Å². The smallest absolute Gasteiger partial charge is 0.360 e. The highest BCUT2D eigenvalue weighted by Gasteiger charge is 2.11. The molecule has 0 radical (unpaired) electrons. The van der Waals surface area contributed by atoms with E-state index in [1.807, 2.05) is 0 Å². The second-order valence-corrected chi connectivity index (χ2v) is 4.65. The Morgan fingerprint density at radius 3 is 3.06 bits per heavy atom. The molecule has 0 saturated carbocycles. The Morgan fingerprint density at radius 2 is 2.39 bits per heavy atom. The predicted octanol–water partition coefficient (Wildman–Crippen LogP) is 1.51. The zero-order valence-corrected chi connectivity index (χ0v) is 10.6. The normalized spacial score (nSPS) is 10.5. The molecule has 2 aromatic heterocycles. The molecule has 0 aliphatic heterocycles. The van der Waals surface area contributed by atoms with Crippen molar-refractivity contribution in [2.24, 2.45) is 0 Å². The van der Waals surface area contributed by atoms with Gasteiger partial charge in [0.05, 0.1) is 6.54 Å². The monoisotopic (exact) mass is 268 g/mol. The van der Waals surface area contributed by atoms with Gasteiger partial charge in [0.1, 0.15) is 11.2 Å². The predicted molar refractivity (Wildman–Crippen MR) is 66.7 cm³/mol. The lowest BCUT2D eigenvalue weighted by Gasteiger charge is -1.96. The van der Waals surface area contributed by atoms with Crippen molar-refractivity contribution in [1.29, 1.82) is 0 Å². The molecule has 0 atom stereocenters. The number of hydrogen-bond acceptors (Lipinski definition) is 7. The zero-order chi connectivity index (χ0) is 13.0. The van der Waals surface area contributed by atoms with E-state index in [0.717, 1.165) is 23.1 Å². The summed E-state index contributed by atoms with van der Waals surface area (Å²) >= 11 is 1.43. The van der Waals surface area contributed by atoms with Gasteiger partial charge < -0.3 is 20.0 Å². The molecule has 0 aromatic carbocycles. The molecule has 0 unspecified atom stereocenters. The van der Waals surface area contributed by atoms with Crippen LogP contribution < -0.4 is 5.32 Å². The number of aromatic nitrogens is 4. The average molecular weight is 268 g/mol. The van der Waals surface area contributed by atoms with Gasteiger partial charge in [-0.05, 0) is 16.3 Å². The van der Waals surface area contributed by atoms with E-state index in [2.05, 4.69) is 27.4 Å². The molecule has 1 N–H and O–H groups in total. The van der Waals surface area contributed by atoms with Crippen molar-refractivity contribution < 1.29 is 4.92 Å². The third-order valence-electron chi connectivity index (χ3n) is 2.12. The average Bonchev–Trinajstić information content (AvgIpc) is 2.96. The number of nitro groups is 1. The fourth-order valence-electron chi connectivity index (χ4n) is 1.31. The maximum absolute atomic E-state index is 10.5. The molecule has 0 aliphatic rings. The topological polar surface area (TPSA) is 98.8 Å². The molecule has 9 heteroatoms. The van der Waals surface area contributed by atoms with Crippen LogP contribution in [0.3, 0.4) is 0 Å². The van der Waals surface area contributed by atoms with Gasteiger partial charge in [-0.1, -0.05) is 18.3 Å². The molecule has 0 amide bonds. The van der Waals surface area contributed by atoms with E-state index in [9.17, 15) is 10.1 Å². The van der Waals surface area contributed by atoms with Gasteiger partial charge in [-0.25, -0.2) is 0 Å². The van der Waals surface area contributed by atoms with Crippen LogP contribution in [0.1, 0.15) is 18.4 Å². The van der Waals surface area contributed by atoms with E-state index in [1.165, 1.54) is 23.9 Å². The van der Waals surface area contributed by atoms with Crippen LogP contribution in [0.2, 0.25) is 0 Å². The lowest BCUT2D eigenvalue weighted by molar-refractivity contribution is -0.389. The van der Waals surface area contributed by atoms with Gasteiger partial charge in [0.2, 0.25) is 11.5 Å². The van der Waals surface area contributed by atoms with Crippen molar-refractivity contribution in [1.82, 2.24) is 19.7 Å². The Hall–Kier alpha value is -2.03. The van der Waals surface area contributed by atoms with Crippen LogP contribution in [0.5, 0.6) is 0 Å². The van der Waals surface area contributed by atoms with E-state index in [0.29, 0.717) is 6.54 Å². The van der Waals surface area contributed by atoms with Crippen LogP contribution in [0.25, 0.3) is 0 Å². The summed E-state index contributed by atoms with van der Waals surface area (Å²) in [5, 5.41) is 23.2. The fourth-order valence-corrected chi connectivity index (χ4v) is 2.08. The third-order valence-corrected chi connectivity index (χ3v) is 2.98. The largest absolute Gasteiger partial charge is 0.381 e. The minimum Gasteiger partial charge on any atom is -0.360 e. The maximum Gasteiger partial charge on any atom is 0.381 e. The van der Waals surface area contributed by atoms with Crippen LogP contribution in [-0.2, 0) is 6.54 Å². The van der Waals surface area contributed by atoms with Crippen molar-refractivity contribution in [3.05, 3.63) is 27.6 Å². The van der Waals surface area contributed by atoms with Gasteiger partial charge in [0.25, 0.3) is 0 Å². The first kappa shape index (κ1) is 12.4. The first-order valence-electron chi connectivity index (χ1n) is 5.41.